The maximum atomic E-state index is 12.8. The number of ether oxygens (including phenoxy) is 1. The summed E-state index contributed by atoms with van der Waals surface area (Å²) in [5.74, 6) is -0.0389. The molecule has 2 rings (SSSR count). The van der Waals surface area contributed by atoms with E-state index in [-0.39, 0.29) is 18.1 Å². The lowest BCUT2D eigenvalue weighted by Crippen LogP contribution is -2.44. The van der Waals surface area contributed by atoms with E-state index in [0.29, 0.717) is 18.5 Å². The van der Waals surface area contributed by atoms with Crippen LogP contribution in [0.3, 0.4) is 0 Å². The van der Waals surface area contributed by atoms with Crippen LogP contribution in [0.1, 0.15) is 69.8 Å². The Morgan fingerprint density at radius 1 is 1.11 bits per heavy atom. The molecule has 0 radical (unpaired) electrons. The molecule has 1 aliphatic rings. The van der Waals surface area contributed by atoms with Gasteiger partial charge in [0.15, 0.2) is 11.6 Å². The smallest absolute Gasteiger partial charge is 0.411 e. The Morgan fingerprint density at radius 3 is 2.26 bits per heavy atom. The number of carbonyl (C=O) groups excluding carboxylic acids is 3. The lowest BCUT2D eigenvalue weighted by Gasteiger charge is -2.32. The van der Waals surface area contributed by atoms with Gasteiger partial charge < -0.3 is 4.74 Å². The van der Waals surface area contributed by atoms with E-state index in [1.807, 2.05) is 12.1 Å². The standard InChI is InChI=1S/C22H29NO4/c1-6-7-8-18-19(17-11-9-16(10-12-17)15(2)24)13-23(14-20(18)25)21(26)27-22(3,4)5/h9-12H,6-8,13-14H2,1-5H3. The molecule has 0 atom stereocenters. The Bertz CT molecular complexity index is 754. The molecule has 1 aliphatic heterocycles. The SMILES string of the molecule is CCCCC1=C(c2ccc(C(C)=O)cc2)CN(C(=O)OC(C)(C)C)CC1=O. The van der Waals surface area contributed by atoms with Crippen LogP contribution in [0.4, 0.5) is 4.79 Å². The third-order valence-corrected chi connectivity index (χ3v) is 4.46. The van der Waals surface area contributed by atoms with Crippen molar-refractivity contribution in [3.05, 3.63) is 41.0 Å². The molecule has 1 amide bonds. The molecule has 1 heterocycles. The zero-order valence-corrected chi connectivity index (χ0v) is 16.9. The van der Waals surface area contributed by atoms with E-state index in [2.05, 4.69) is 6.92 Å². The molecule has 1 aromatic carbocycles. The lowest BCUT2D eigenvalue weighted by atomic mass is 9.89. The molecule has 0 bridgehead atoms. The first-order valence-corrected chi connectivity index (χ1v) is 9.47. The highest BCUT2D eigenvalue weighted by Crippen LogP contribution is 2.29. The van der Waals surface area contributed by atoms with Crippen molar-refractivity contribution in [2.45, 2.75) is 59.5 Å². The van der Waals surface area contributed by atoms with E-state index in [0.717, 1.165) is 29.6 Å². The van der Waals surface area contributed by atoms with Crippen LogP contribution in [0.15, 0.2) is 29.8 Å². The van der Waals surface area contributed by atoms with Gasteiger partial charge in [0.1, 0.15) is 5.60 Å². The molecule has 1 aromatic rings. The van der Waals surface area contributed by atoms with Crippen molar-refractivity contribution in [2.24, 2.45) is 0 Å². The van der Waals surface area contributed by atoms with Gasteiger partial charge in [-0.25, -0.2) is 4.79 Å². The zero-order chi connectivity index (χ0) is 20.2. The highest BCUT2D eigenvalue weighted by Gasteiger charge is 2.31. The molecule has 5 nitrogen and oxygen atoms in total. The summed E-state index contributed by atoms with van der Waals surface area (Å²) in [6.45, 7) is 9.40. The van der Waals surface area contributed by atoms with E-state index in [4.69, 9.17) is 4.74 Å². The normalized spacial score (nSPS) is 15.1. The first kappa shape index (κ1) is 20.9. The summed E-state index contributed by atoms with van der Waals surface area (Å²) in [7, 11) is 0. The van der Waals surface area contributed by atoms with Gasteiger partial charge in [0.2, 0.25) is 0 Å². The summed E-state index contributed by atoms with van der Waals surface area (Å²) in [5, 5.41) is 0. The molecule has 0 aliphatic carbocycles. The lowest BCUT2D eigenvalue weighted by molar-refractivity contribution is -0.117. The molecule has 27 heavy (non-hydrogen) atoms. The highest BCUT2D eigenvalue weighted by molar-refractivity contribution is 6.07. The molecule has 0 unspecified atom stereocenters. The number of unbranched alkanes of at least 4 members (excludes halogenated alkanes) is 1. The third-order valence-electron chi connectivity index (χ3n) is 4.46. The maximum Gasteiger partial charge on any atom is 0.411 e. The van der Waals surface area contributed by atoms with Crippen molar-refractivity contribution < 1.29 is 19.1 Å². The molecular formula is C22H29NO4. The predicted octanol–water partition coefficient (Wildman–Crippen LogP) is 4.65. The Morgan fingerprint density at radius 2 is 1.74 bits per heavy atom. The second-order valence-corrected chi connectivity index (χ2v) is 7.95. The fraction of sp³-hybridized carbons (Fsp3) is 0.500. The fourth-order valence-corrected chi connectivity index (χ4v) is 3.05. The van der Waals surface area contributed by atoms with Crippen LogP contribution in [0.2, 0.25) is 0 Å². The first-order valence-electron chi connectivity index (χ1n) is 9.47. The van der Waals surface area contributed by atoms with Gasteiger partial charge in [0, 0.05) is 11.1 Å². The Labute approximate surface area is 161 Å². The van der Waals surface area contributed by atoms with Crippen LogP contribution in [-0.2, 0) is 9.53 Å². The first-order chi connectivity index (χ1) is 12.6. The van der Waals surface area contributed by atoms with Crippen LogP contribution >= 0.6 is 0 Å². The van der Waals surface area contributed by atoms with Crippen LogP contribution in [0, 0.1) is 0 Å². The number of nitrogens with zero attached hydrogens (tertiary/aromatic N) is 1. The quantitative estimate of drug-likeness (QED) is 0.707. The molecule has 0 saturated heterocycles. The molecule has 0 spiro atoms. The predicted molar refractivity (Wildman–Crippen MR) is 106 cm³/mol. The van der Waals surface area contributed by atoms with Crippen molar-refractivity contribution in [1.29, 1.82) is 0 Å². The average Bonchev–Trinajstić information content (AvgIpc) is 2.58. The second kappa shape index (κ2) is 8.51. The number of hydrogen-bond donors (Lipinski definition) is 0. The summed E-state index contributed by atoms with van der Waals surface area (Å²) in [6.07, 6.45) is 2.12. The van der Waals surface area contributed by atoms with Crippen molar-refractivity contribution in [3.63, 3.8) is 0 Å². The number of rotatable bonds is 5. The van der Waals surface area contributed by atoms with Gasteiger partial charge in [-0.15, -0.1) is 0 Å². The average molecular weight is 371 g/mol. The number of carbonyl (C=O) groups is 3. The van der Waals surface area contributed by atoms with Crippen molar-refractivity contribution >= 4 is 23.2 Å². The summed E-state index contributed by atoms with van der Waals surface area (Å²) < 4.78 is 5.44. The van der Waals surface area contributed by atoms with Gasteiger partial charge in [-0.1, -0.05) is 37.6 Å². The van der Waals surface area contributed by atoms with Crippen molar-refractivity contribution in [1.82, 2.24) is 4.90 Å². The van der Waals surface area contributed by atoms with Crippen LogP contribution in [0.25, 0.3) is 5.57 Å². The minimum atomic E-state index is -0.615. The number of Topliss-reactive ketones (excluding diaryl/α,β-unsaturated/α-hetero) is 2. The van der Waals surface area contributed by atoms with E-state index in [9.17, 15) is 14.4 Å². The fourth-order valence-electron chi connectivity index (χ4n) is 3.05. The Balaban J connectivity index is 2.37. The summed E-state index contributed by atoms with van der Waals surface area (Å²) in [4.78, 5) is 38.2. The van der Waals surface area contributed by atoms with E-state index >= 15 is 0 Å². The highest BCUT2D eigenvalue weighted by atomic mass is 16.6. The molecule has 146 valence electrons. The number of hydrogen-bond acceptors (Lipinski definition) is 4. The molecule has 0 N–H and O–H groups in total. The molecule has 0 fully saturated rings. The topological polar surface area (TPSA) is 63.7 Å². The van der Waals surface area contributed by atoms with Gasteiger partial charge in [-0.3, -0.25) is 14.5 Å². The number of ketones is 2. The van der Waals surface area contributed by atoms with Gasteiger partial charge in [0.05, 0.1) is 13.1 Å². The van der Waals surface area contributed by atoms with Gasteiger partial charge >= 0.3 is 6.09 Å². The van der Waals surface area contributed by atoms with E-state index in [1.54, 1.807) is 32.9 Å². The van der Waals surface area contributed by atoms with E-state index < -0.39 is 11.7 Å². The third kappa shape index (κ3) is 5.52. The minimum absolute atomic E-state index is 0.00293. The summed E-state index contributed by atoms with van der Waals surface area (Å²) in [6, 6.07) is 7.23. The molecule has 0 saturated carbocycles. The molecular weight excluding hydrogens is 342 g/mol. The van der Waals surface area contributed by atoms with E-state index in [1.165, 1.54) is 11.8 Å². The monoisotopic (exact) mass is 371 g/mol. The Hall–Kier alpha value is -2.43. The largest absolute Gasteiger partial charge is 0.444 e. The van der Waals surface area contributed by atoms with Crippen molar-refractivity contribution in [3.8, 4) is 0 Å². The molecule has 0 aromatic heterocycles. The van der Waals surface area contributed by atoms with Gasteiger partial charge in [-0.2, -0.15) is 0 Å². The van der Waals surface area contributed by atoms with Gasteiger partial charge in [-0.05, 0) is 51.7 Å². The summed E-state index contributed by atoms with van der Waals surface area (Å²) in [5.41, 5.74) is 2.51. The zero-order valence-electron chi connectivity index (χ0n) is 16.9. The van der Waals surface area contributed by atoms with Crippen LogP contribution in [-0.4, -0.2) is 41.3 Å². The van der Waals surface area contributed by atoms with Crippen molar-refractivity contribution in [2.75, 3.05) is 13.1 Å². The number of benzene rings is 1. The maximum absolute atomic E-state index is 12.8. The summed E-state index contributed by atoms with van der Waals surface area (Å²) >= 11 is 0. The van der Waals surface area contributed by atoms with Gasteiger partial charge in [0.25, 0.3) is 0 Å². The Kier molecular flexibility index (Phi) is 6.58. The molecule has 5 heteroatoms. The van der Waals surface area contributed by atoms with Crippen LogP contribution in [0.5, 0.6) is 0 Å². The number of amides is 1. The minimum Gasteiger partial charge on any atom is -0.444 e. The second-order valence-electron chi connectivity index (χ2n) is 7.95. The van der Waals surface area contributed by atoms with Crippen LogP contribution < -0.4 is 0 Å².